The molecule has 1 saturated heterocycles. The van der Waals surface area contributed by atoms with Crippen LogP contribution < -0.4 is 5.32 Å². The van der Waals surface area contributed by atoms with Crippen LogP contribution >= 0.6 is 11.6 Å². The normalized spacial score (nSPS) is 18.1. The van der Waals surface area contributed by atoms with Gasteiger partial charge in [-0.15, -0.1) is 0 Å². The van der Waals surface area contributed by atoms with Gasteiger partial charge in [-0.2, -0.15) is 0 Å². The molecule has 106 valence electrons. The Balaban J connectivity index is 1.77. The Morgan fingerprint density at radius 1 is 1.30 bits per heavy atom. The average Bonchev–Trinajstić information content (AvgIpc) is 2.46. The fraction of sp³-hybridized carbons (Fsp3) is 0.400. The summed E-state index contributed by atoms with van der Waals surface area (Å²) in [6.07, 6.45) is 1.28. The molecule has 0 amide bonds. The predicted molar refractivity (Wildman–Crippen MR) is 80.2 cm³/mol. The second-order valence-corrected chi connectivity index (χ2v) is 5.57. The molecule has 0 spiro atoms. The third-order valence-corrected chi connectivity index (χ3v) is 4.00. The molecule has 3 rings (SSSR count). The first kappa shape index (κ1) is 13.6. The van der Waals surface area contributed by atoms with E-state index in [1.165, 1.54) is 0 Å². The van der Waals surface area contributed by atoms with Crippen molar-refractivity contribution in [3.05, 3.63) is 35.5 Å². The zero-order valence-corrected chi connectivity index (χ0v) is 11.9. The van der Waals surface area contributed by atoms with Crippen LogP contribution in [0.3, 0.4) is 0 Å². The zero-order valence-electron chi connectivity index (χ0n) is 11.1. The molecule has 2 heterocycles. The fourth-order valence-corrected chi connectivity index (χ4v) is 2.69. The second-order valence-electron chi connectivity index (χ2n) is 5.21. The molecule has 2 aromatic rings. The number of hydrogen-bond donors (Lipinski definition) is 2. The van der Waals surface area contributed by atoms with Crippen molar-refractivity contribution < 1.29 is 9.84 Å². The molecule has 1 aromatic carbocycles. The van der Waals surface area contributed by atoms with Gasteiger partial charge in [0.25, 0.3) is 0 Å². The minimum atomic E-state index is -0.724. The van der Waals surface area contributed by atoms with Gasteiger partial charge < -0.3 is 15.2 Å². The Morgan fingerprint density at radius 3 is 2.85 bits per heavy atom. The van der Waals surface area contributed by atoms with Crippen molar-refractivity contribution >= 4 is 28.2 Å². The lowest BCUT2D eigenvalue weighted by molar-refractivity contribution is -0.0543. The molecule has 1 aliphatic heterocycles. The topological polar surface area (TPSA) is 54.4 Å². The zero-order chi connectivity index (χ0) is 14.0. The first-order valence-electron chi connectivity index (χ1n) is 6.76. The maximum Gasteiger partial charge on any atom is 0.139 e. The Kier molecular flexibility index (Phi) is 3.78. The molecule has 0 radical (unpaired) electrons. The van der Waals surface area contributed by atoms with Crippen molar-refractivity contribution in [3.63, 3.8) is 0 Å². The molecule has 1 aliphatic rings. The number of anilines is 1. The van der Waals surface area contributed by atoms with Crippen LogP contribution in [0.25, 0.3) is 10.8 Å². The van der Waals surface area contributed by atoms with Gasteiger partial charge in [0.2, 0.25) is 0 Å². The third kappa shape index (κ3) is 2.87. The smallest absolute Gasteiger partial charge is 0.139 e. The summed E-state index contributed by atoms with van der Waals surface area (Å²) in [7, 11) is 0. The van der Waals surface area contributed by atoms with E-state index in [4.69, 9.17) is 16.3 Å². The number of aliphatic hydroxyl groups is 1. The van der Waals surface area contributed by atoms with Crippen LogP contribution in [0.2, 0.25) is 5.15 Å². The van der Waals surface area contributed by atoms with Gasteiger partial charge in [-0.3, -0.25) is 0 Å². The fourth-order valence-electron chi connectivity index (χ4n) is 2.43. The van der Waals surface area contributed by atoms with Crippen LogP contribution in [0.1, 0.15) is 12.8 Å². The lowest BCUT2D eigenvalue weighted by Gasteiger charge is -2.32. The summed E-state index contributed by atoms with van der Waals surface area (Å²) in [6.45, 7) is 1.66. The molecule has 20 heavy (non-hydrogen) atoms. The quantitative estimate of drug-likeness (QED) is 0.854. The number of rotatable bonds is 3. The summed E-state index contributed by atoms with van der Waals surface area (Å²) in [6, 6.07) is 9.80. The lowest BCUT2D eigenvalue weighted by Crippen LogP contribution is -2.42. The van der Waals surface area contributed by atoms with Crippen molar-refractivity contribution in [2.45, 2.75) is 18.4 Å². The van der Waals surface area contributed by atoms with E-state index in [1.54, 1.807) is 0 Å². The van der Waals surface area contributed by atoms with E-state index in [0.717, 1.165) is 10.8 Å². The standard InChI is InChI=1S/C15H17ClN2O2/c16-14-12-4-2-1-3-11(12)9-13(18-14)17-10-15(19)5-7-20-8-6-15/h1-4,9,19H,5-8,10H2,(H,17,18). The van der Waals surface area contributed by atoms with Gasteiger partial charge in [0.15, 0.2) is 0 Å². The first-order chi connectivity index (χ1) is 9.66. The summed E-state index contributed by atoms with van der Waals surface area (Å²) in [5.41, 5.74) is -0.724. The lowest BCUT2D eigenvalue weighted by atomic mass is 9.94. The van der Waals surface area contributed by atoms with E-state index in [-0.39, 0.29) is 0 Å². The summed E-state index contributed by atoms with van der Waals surface area (Å²) < 4.78 is 5.27. The summed E-state index contributed by atoms with van der Waals surface area (Å²) in [4.78, 5) is 4.33. The van der Waals surface area contributed by atoms with E-state index in [1.807, 2.05) is 30.3 Å². The van der Waals surface area contributed by atoms with Crippen LogP contribution in [-0.4, -0.2) is 35.5 Å². The highest BCUT2D eigenvalue weighted by Gasteiger charge is 2.29. The molecule has 0 aliphatic carbocycles. The second kappa shape index (κ2) is 5.56. The molecule has 5 heteroatoms. The van der Waals surface area contributed by atoms with Gasteiger partial charge in [0.05, 0.1) is 5.60 Å². The maximum atomic E-state index is 10.4. The van der Waals surface area contributed by atoms with Crippen molar-refractivity contribution in [2.75, 3.05) is 25.1 Å². The van der Waals surface area contributed by atoms with Gasteiger partial charge in [-0.25, -0.2) is 4.98 Å². The Labute approximate surface area is 122 Å². The van der Waals surface area contributed by atoms with Gasteiger partial charge in [0.1, 0.15) is 11.0 Å². The molecule has 0 atom stereocenters. The highest BCUT2D eigenvalue weighted by atomic mass is 35.5. The summed E-state index contributed by atoms with van der Waals surface area (Å²) in [5.74, 6) is 0.689. The van der Waals surface area contributed by atoms with Gasteiger partial charge in [0, 0.05) is 38.0 Å². The van der Waals surface area contributed by atoms with Crippen LogP contribution in [-0.2, 0) is 4.74 Å². The minimum absolute atomic E-state index is 0.456. The van der Waals surface area contributed by atoms with E-state index in [0.29, 0.717) is 43.6 Å². The summed E-state index contributed by atoms with van der Waals surface area (Å²) in [5, 5.41) is 16.0. The Morgan fingerprint density at radius 2 is 2.05 bits per heavy atom. The molecule has 1 fully saturated rings. The van der Waals surface area contributed by atoms with Crippen molar-refractivity contribution in [1.29, 1.82) is 0 Å². The van der Waals surface area contributed by atoms with Gasteiger partial charge in [-0.05, 0) is 11.5 Å². The molecule has 0 saturated carbocycles. The van der Waals surface area contributed by atoms with E-state index in [9.17, 15) is 5.11 Å². The van der Waals surface area contributed by atoms with Gasteiger partial charge in [-0.1, -0.05) is 35.9 Å². The SMILES string of the molecule is OC1(CNc2cc3ccccc3c(Cl)n2)CCOCC1. The molecule has 0 bridgehead atoms. The van der Waals surface area contributed by atoms with Crippen molar-refractivity contribution in [1.82, 2.24) is 4.98 Å². The minimum Gasteiger partial charge on any atom is -0.388 e. The Bertz CT molecular complexity index is 612. The Hall–Kier alpha value is -1.36. The number of ether oxygens (including phenoxy) is 1. The number of halogens is 1. The average molecular weight is 293 g/mol. The van der Waals surface area contributed by atoms with Crippen LogP contribution in [0.5, 0.6) is 0 Å². The number of fused-ring (bicyclic) bond motifs is 1. The largest absolute Gasteiger partial charge is 0.388 e. The number of hydrogen-bond acceptors (Lipinski definition) is 4. The van der Waals surface area contributed by atoms with E-state index < -0.39 is 5.60 Å². The van der Waals surface area contributed by atoms with Crippen LogP contribution in [0, 0.1) is 0 Å². The summed E-state index contributed by atoms with van der Waals surface area (Å²) >= 11 is 6.18. The third-order valence-electron chi connectivity index (χ3n) is 3.72. The van der Waals surface area contributed by atoms with Crippen molar-refractivity contribution in [2.24, 2.45) is 0 Å². The monoisotopic (exact) mass is 292 g/mol. The number of nitrogens with one attached hydrogen (secondary N) is 1. The molecule has 2 N–H and O–H groups in total. The molecular weight excluding hydrogens is 276 g/mol. The number of benzene rings is 1. The first-order valence-corrected chi connectivity index (χ1v) is 7.13. The predicted octanol–water partition coefficient (Wildman–Crippen LogP) is 2.84. The van der Waals surface area contributed by atoms with Crippen molar-refractivity contribution in [3.8, 4) is 0 Å². The number of aromatic nitrogens is 1. The molecule has 0 unspecified atom stereocenters. The number of nitrogens with zero attached hydrogens (tertiary/aromatic N) is 1. The molecular formula is C15H17ClN2O2. The van der Waals surface area contributed by atoms with E-state index in [2.05, 4.69) is 10.3 Å². The van der Waals surface area contributed by atoms with E-state index >= 15 is 0 Å². The molecule has 1 aromatic heterocycles. The van der Waals surface area contributed by atoms with Crippen LogP contribution in [0.15, 0.2) is 30.3 Å². The number of pyridine rings is 1. The highest BCUT2D eigenvalue weighted by molar-refractivity contribution is 6.34. The van der Waals surface area contributed by atoms with Gasteiger partial charge >= 0.3 is 0 Å². The maximum absolute atomic E-state index is 10.4. The highest BCUT2D eigenvalue weighted by Crippen LogP contribution is 2.26. The van der Waals surface area contributed by atoms with Crippen LogP contribution in [0.4, 0.5) is 5.82 Å². The molecule has 4 nitrogen and oxygen atoms in total.